The molecule has 3 aromatic rings. The quantitative estimate of drug-likeness (QED) is 0.422. The predicted molar refractivity (Wildman–Crippen MR) is 120 cm³/mol. The number of terminal acetylenes is 1. The molecule has 1 amide bonds. The van der Waals surface area contributed by atoms with Crippen molar-refractivity contribution in [3.8, 4) is 41.1 Å². The maximum atomic E-state index is 12.6. The average Bonchev–Trinajstić information content (AvgIpc) is 3.39. The van der Waals surface area contributed by atoms with Gasteiger partial charge in [0.1, 0.15) is 0 Å². The topological polar surface area (TPSA) is 80.5 Å². The Morgan fingerprint density at radius 3 is 2.47 bits per heavy atom. The van der Waals surface area contributed by atoms with Crippen LogP contribution in [0.3, 0.4) is 0 Å². The second-order valence-electron chi connectivity index (χ2n) is 6.59. The zero-order valence-corrected chi connectivity index (χ0v) is 18.5. The predicted octanol–water partition coefficient (Wildman–Crippen LogP) is 3.23. The van der Waals surface area contributed by atoms with E-state index in [1.165, 1.54) is 38.7 Å². The van der Waals surface area contributed by atoms with Crippen molar-refractivity contribution in [3.05, 3.63) is 40.7 Å². The minimum Gasteiger partial charge on any atom is -0.493 e. The van der Waals surface area contributed by atoms with Crippen LogP contribution in [0.5, 0.6) is 28.7 Å². The highest BCUT2D eigenvalue weighted by molar-refractivity contribution is 7.16. The van der Waals surface area contributed by atoms with Gasteiger partial charge in [-0.15, -0.1) is 6.42 Å². The average molecular weight is 452 g/mol. The van der Waals surface area contributed by atoms with Gasteiger partial charge in [0.25, 0.3) is 5.91 Å². The van der Waals surface area contributed by atoms with E-state index in [0.29, 0.717) is 39.1 Å². The number of carbonyl (C=O) groups excluding carboxylic acids is 1. The molecule has 0 saturated heterocycles. The van der Waals surface area contributed by atoms with Crippen LogP contribution in [0.15, 0.2) is 35.3 Å². The fraction of sp³-hybridized carbons (Fsp3) is 0.217. The molecule has 0 bridgehead atoms. The first kappa shape index (κ1) is 21.3. The molecular formula is C23H20N2O6S. The number of ether oxygens (including phenoxy) is 5. The van der Waals surface area contributed by atoms with Crippen molar-refractivity contribution in [1.82, 2.24) is 4.57 Å². The lowest BCUT2D eigenvalue weighted by Crippen LogP contribution is -2.15. The van der Waals surface area contributed by atoms with E-state index in [0.717, 1.165) is 10.2 Å². The SMILES string of the molecule is C#CCn1c(=NC(=O)C=Cc2cc(OC)c(OC)c(OC)c2)sc2cc3c(cc21)OCO3. The largest absolute Gasteiger partial charge is 0.493 e. The van der Waals surface area contributed by atoms with Crippen LogP contribution >= 0.6 is 11.3 Å². The van der Waals surface area contributed by atoms with Crippen molar-refractivity contribution in [1.29, 1.82) is 0 Å². The number of nitrogens with zero attached hydrogens (tertiary/aromatic N) is 2. The molecule has 8 nitrogen and oxygen atoms in total. The number of benzene rings is 2. The van der Waals surface area contributed by atoms with E-state index in [2.05, 4.69) is 10.9 Å². The van der Waals surface area contributed by atoms with Crippen molar-refractivity contribution in [2.45, 2.75) is 6.54 Å². The van der Waals surface area contributed by atoms with Gasteiger partial charge < -0.3 is 28.3 Å². The Bertz CT molecular complexity index is 1300. The Morgan fingerprint density at radius 2 is 1.84 bits per heavy atom. The van der Waals surface area contributed by atoms with Gasteiger partial charge in [-0.1, -0.05) is 17.3 Å². The molecule has 0 N–H and O–H groups in total. The molecule has 0 fully saturated rings. The van der Waals surface area contributed by atoms with Crippen molar-refractivity contribution < 1.29 is 28.5 Å². The third-order valence-corrected chi connectivity index (χ3v) is 5.78. The number of hydrogen-bond acceptors (Lipinski definition) is 7. The molecule has 2 heterocycles. The summed E-state index contributed by atoms with van der Waals surface area (Å²) in [5.74, 6) is 4.93. The number of amides is 1. The van der Waals surface area contributed by atoms with Gasteiger partial charge in [0.15, 0.2) is 27.8 Å². The number of hydrogen-bond donors (Lipinski definition) is 0. The third-order valence-electron chi connectivity index (χ3n) is 4.74. The number of rotatable bonds is 6. The minimum atomic E-state index is -0.434. The fourth-order valence-electron chi connectivity index (χ4n) is 3.29. The van der Waals surface area contributed by atoms with Gasteiger partial charge in [-0.2, -0.15) is 4.99 Å². The maximum Gasteiger partial charge on any atom is 0.272 e. The zero-order valence-electron chi connectivity index (χ0n) is 17.7. The van der Waals surface area contributed by atoms with Crippen LogP contribution in [0.4, 0.5) is 0 Å². The molecule has 0 atom stereocenters. The molecule has 0 saturated carbocycles. The van der Waals surface area contributed by atoms with Gasteiger partial charge in [-0.25, -0.2) is 0 Å². The Balaban J connectivity index is 1.69. The van der Waals surface area contributed by atoms with E-state index < -0.39 is 5.91 Å². The second-order valence-corrected chi connectivity index (χ2v) is 7.60. The highest BCUT2D eigenvalue weighted by Gasteiger charge is 2.17. The van der Waals surface area contributed by atoms with Gasteiger partial charge in [0.2, 0.25) is 12.5 Å². The summed E-state index contributed by atoms with van der Waals surface area (Å²) in [4.78, 5) is 17.3. The number of thiazole rings is 1. The van der Waals surface area contributed by atoms with Gasteiger partial charge >= 0.3 is 0 Å². The summed E-state index contributed by atoms with van der Waals surface area (Å²) in [7, 11) is 4.59. The Kier molecular flexibility index (Phi) is 6.05. The maximum absolute atomic E-state index is 12.6. The molecule has 0 radical (unpaired) electrons. The molecule has 32 heavy (non-hydrogen) atoms. The first-order valence-corrected chi connectivity index (χ1v) is 10.3. The van der Waals surface area contributed by atoms with Gasteiger partial charge in [-0.05, 0) is 23.8 Å². The van der Waals surface area contributed by atoms with E-state index >= 15 is 0 Å². The molecule has 0 unspecified atom stereocenters. The van der Waals surface area contributed by atoms with Crippen molar-refractivity contribution in [3.63, 3.8) is 0 Å². The summed E-state index contributed by atoms with van der Waals surface area (Å²) < 4.78 is 29.6. The van der Waals surface area contributed by atoms with Crippen LogP contribution in [0.2, 0.25) is 0 Å². The summed E-state index contributed by atoms with van der Waals surface area (Å²) >= 11 is 1.35. The summed E-state index contributed by atoms with van der Waals surface area (Å²) in [6, 6.07) is 7.20. The fourth-order valence-corrected chi connectivity index (χ4v) is 4.33. The van der Waals surface area contributed by atoms with Crippen LogP contribution in [0.25, 0.3) is 16.3 Å². The minimum absolute atomic E-state index is 0.184. The van der Waals surface area contributed by atoms with E-state index in [-0.39, 0.29) is 13.3 Å². The van der Waals surface area contributed by atoms with E-state index in [1.807, 2.05) is 12.1 Å². The molecule has 164 valence electrons. The lowest BCUT2D eigenvalue weighted by atomic mass is 10.1. The Labute approximate surface area is 188 Å². The standard InChI is InChI=1S/C23H20N2O6S/c1-5-8-25-15-11-16-17(31-13-30-16)12-20(15)32-23(25)24-21(26)7-6-14-9-18(27-2)22(29-4)19(10-14)28-3/h1,6-7,9-12H,8,13H2,2-4H3. The van der Waals surface area contributed by atoms with E-state index in [9.17, 15) is 4.79 Å². The summed E-state index contributed by atoms with van der Waals surface area (Å²) in [6.07, 6.45) is 8.54. The second kappa shape index (κ2) is 9.08. The van der Waals surface area contributed by atoms with Crippen molar-refractivity contribution in [2.75, 3.05) is 28.1 Å². The third kappa shape index (κ3) is 4.00. The molecule has 1 aliphatic rings. The smallest absolute Gasteiger partial charge is 0.272 e. The van der Waals surface area contributed by atoms with E-state index in [4.69, 9.17) is 30.1 Å². The van der Waals surface area contributed by atoms with Gasteiger partial charge in [0, 0.05) is 18.2 Å². The molecule has 1 aromatic heterocycles. The van der Waals surface area contributed by atoms with Crippen LogP contribution in [0, 0.1) is 12.3 Å². The molecule has 2 aromatic carbocycles. The molecule has 9 heteroatoms. The zero-order chi connectivity index (χ0) is 22.7. The lowest BCUT2D eigenvalue weighted by Gasteiger charge is -2.12. The monoisotopic (exact) mass is 452 g/mol. The van der Waals surface area contributed by atoms with Crippen LogP contribution < -0.4 is 28.5 Å². The summed E-state index contributed by atoms with van der Waals surface area (Å²) in [5.41, 5.74) is 1.53. The molecular weight excluding hydrogens is 432 g/mol. The van der Waals surface area contributed by atoms with Gasteiger partial charge in [0.05, 0.1) is 38.1 Å². The van der Waals surface area contributed by atoms with Crippen molar-refractivity contribution in [2.24, 2.45) is 4.99 Å². The molecule has 0 aliphatic carbocycles. The van der Waals surface area contributed by atoms with Crippen LogP contribution in [-0.4, -0.2) is 38.6 Å². The van der Waals surface area contributed by atoms with Crippen molar-refractivity contribution >= 4 is 33.5 Å². The Morgan fingerprint density at radius 1 is 1.16 bits per heavy atom. The highest BCUT2D eigenvalue weighted by atomic mass is 32.1. The molecule has 4 rings (SSSR count). The van der Waals surface area contributed by atoms with Gasteiger partial charge in [-0.3, -0.25) is 4.79 Å². The molecule has 1 aliphatic heterocycles. The van der Waals surface area contributed by atoms with Crippen LogP contribution in [0.1, 0.15) is 5.56 Å². The summed E-state index contributed by atoms with van der Waals surface area (Å²) in [6.45, 7) is 0.450. The lowest BCUT2D eigenvalue weighted by molar-refractivity contribution is -0.113. The highest BCUT2D eigenvalue weighted by Crippen LogP contribution is 2.39. The first-order chi connectivity index (χ1) is 15.6. The van der Waals surface area contributed by atoms with E-state index in [1.54, 1.807) is 22.8 Å². The number of carbonyl (C=O) groups is 1. The number of methoxy groups -OCH3 is 3. The van der Waals surface area contributed by atoms with Crippen LogP contribution in [-0.2, 0) is 11.3 Å². The molecule has 0 spiro atoms. The summed E-state index contributed by atoms with van der Waals surface area (Å²) in [5, 5.41) is 0. The normalized spacial score (nSPS) is 12.9. The number of fused-ring (bicyclic) bond motifs is 2. The number of aromatic nitrogens is 1. The first-order valence-electron chi connectivity index (χ1n) is 9.51. The Hall–Kier alpha value is -3.90.